The number of hydrogen-bond acceptors (Lipinski definition) is 2. The molecular formula is C27H20N2. The number of hydrogen-bond donors (Lipinski definition) is 0. The Kier molecular flexibility index (Phi) is 4.38. The average molecular weight is 372 g/mol. The molecule has 2 heteroatoms. The molecule has 1 aromatic heterocycles. The number of nitrogens with zero attached hydrogens (tertiary/aromatic N) is 2. The van der Waals surface area contributed by atoms with Crippen LogP contribution in [-0.2, 0) is 0 Å². The summed E-state index contributed by atoms with van der Waals surface area (Å²) >= 11 is 0. The monoisotopic (exact) mass is 372 g/mol. The molecule has 0 fully saturated rings. The second-order valence-corrected chi connectivity index (χ2v) is 7.16. The lowest BCUT2D eigenvalue weighted by atomic mass is 9.99. The molecule has 5 aromatic rings. The Labute approximate surface area is 170 Å². The van der Waals surface area contributed by atoms with E-state index in [1.54, 1.807) is 0 Å². The van der Waals surface area contributed by atoms with Crippen LogP contribution in [0.25, 0.3) is 44.5 Å². The first-order chi connectivity index (χ1) is 14.3. The second kappa shape index (κ2) is 7.33. The highest BCUT2D eigenvalue weighted by Gasteiger charge is 2.15. The second-order valence-electron chi connectivity index (χ2n) is 7.16. The van der Waals surface area contributed by atoms with Gasteiger partial charge in [0, 0.05) is 16.7 Å². The minimum Gasteiger partial charge on any atom is -0.252 e. The van der Waals surface area contributed by atoms with Gasteiger partial charge >= 0.3 is 0 Å². The highest BCUT2D eigenvalue weighted by molar-refractivity contribution is 5.96. The first kappa shape index (κ1) is 17.3. The molecule has 0 saturated heterocycles. The summed E-state index contributed by atoms with van der Waals surface area (Å²) < 4.78 is 0. The van der Waals surface area contributed by atoms with Gasteiger partial charge in [0.25, 0.3) is 0 Å². The van der Waals surface area contributed by atoms with Crippen molar-refractivity contribution in [1.29, 1.82) is 0 Å². The van der Waals surface area contributed by atoms with Gasteiger partial charge in [-0.1, -0.05) is 97.1 Å². The van der Waals surface area contributed by atoms with Crippen molar-refractivity contribution in [1.82, 2.24) is 9.97 Å². The highest BCUT2D eigenvalue weighted by atomic mass is 14.8. The average Bonchev–Trinajstić information content (AvgIpc) is 2.79. The molecule has 0 radical (unpaired) electrons. The lowest BCUT2D eigenvalue weighted by Crippen LogP contribution is -1.97. The van der Waals surface area contributed by atoms with E-state index in [9.17, 15) is 0 Å². The zero-order chi connectivity index (χ0) is 19.6. The Morgan fingerprint density at radius 2 is 1.28 bits per heavy atom. The van der Waals surface area contributed by atoms with Crippen LogP contribution in [0, 0.1) is 6.92 Å². The Balaban J connectivity index is 1.77. The fraction of sp³-hybridized carbons (Fsp3) is 0.0370. The zero-order valence-corrected chi connectivity index (χ0v) is 16.2. The van der Waals surface area contributed by atoms with E-state index in [1.165, 1.54) is 16.3 Å². The van der Waals surface area contributed by atoms with Gasteiger partial charge in [0.05, 0.1) is 23.3 Å². The molecule has 1 heterocycles. The van der Waals surface area contributed by atoms with Crippen LogP contribution in [0.2, 0.25) is 0 Å². The predicted molar refractivity (Wildman–Crippen MR) is 121 cm³/mol. The molecule has 29 heavy (non-hydrogen) atoms. The van der Waals surface area contributed by atoms with E-state index in [0.29, 0.717) is 0 Å². The van der Waals surface area contributed by atoms with Gasteiger partial charge in [0.1, 0.15) is 0 Å². The molecule has 5 rings (SSSR count). The third-order valence-electron chi connectivity index (χ3n) is 5.29. The minimum atomic E-state index is 0.887. The molecule has 138 valence electrons. The summed E-state index contributed by atoms with van der Waals surface area (Å²) in [5.41, 5.74) is 7.19. The van der Waals surface area contributed by atoms with Gasteiger partial charge in [0.15, 0.2) is 0 Å². The number of rotatable bonds is 3. The van der Waals surface area contributed by atoms with Crippen molar-refractivity contribution in [2.75, 3.05) is 0 Å². The van der Waals surface area contributed by atoms with Gasteiger partial charge in [-0.2, -0.15) is 0 Å². The van der Waals surface area contributed by atoms with Crippen LogP contribution >= 0.6 is 0 Å². The highest BCUT2D eigenvalue weighted by Crippen LogP contribution is 2.34. The van der Waals surface area contributed by atoms with Gasteiger partial charge in [-0.25, -0.2) is 4.98 Å². The Hall–Kier alpha value is -3.78. The quantitative estimate of drug-likeness (QED) is 0.343. The van der Waals surface area contributed by atoms with Gasteiger partial charge in [-0.3, -0.25) is 4.98 Å². The van der Waals surface area contributed by atoms with Crippen LogP contribution in [-0.4, -0.2) is 9.97 Å². The first-order valence-electron chi connectivity index (χ1n) is 9.78. The molecule has 0 unspecified atom stereocenters. The summed E-state index contributed by atoms with van der Waals surface area (Å²) in [6, 6.07) is 33.4. The molecule has 0 saturated carbocycles. The lowest BCUT2D eigenvalue weighted by molar-refractivity contribution is 1.21. The van der Waals surface area contributed by atoms with Crippen LogP contribution < -0.4 is 0 Å². The number of aromatic nitrogens is 2. The van der Waals surface area contributed by atoms with Crippen LogP contribution in [0.4, 0.5) is 0 Å². The number of benzene rings is 4. The molecule has 0 aliphatic carbocycles. The Morgan fingerprint density at radius 1 is 0.586 bits per heavy atom. The van der Waals surface area contributed by atoms with Crippen molar-refractivity contribution >= 4 is 10.8 Å². The van der Waals surface area contributed by atoms with Crippen LogP contribution in [0.1, 0.15) is 5.56 Å². The van der Waals surface area contributed by atoms with Crippen molar-refractivity contribution < 1.29 is 0 Å². The standard InChI is InChI=1S/C27H20N2/c1-19-10-5-7-15-22(19)27-26(21-12-3-2-4-13-21)29-25(18-28-27)24-17-9-14-20-11-6-8-16-23(20)24/h2-18H,1H3. The molecule has 0 aliphatic heterocycles. The third-order valence-corrected chi connectivity index (χ3v) is 5.29. The van der Waals surface area contributed by atoms with Crippen molar-refractivity contribution in [3.8, 4) is 33.8 Å². The van der Waals surface area contributed by atoms with Gasteiger partial charge in [-0.05, 0) is 23.3 Å². The van der Waals surface area contributed by atoms with Crippen molar-refractivity contribution in [3.63, 3.8) is 0 Å². The Morgan fingerprint density at radius 3 is 2.14 bits per heavy atom. The van der Waals surface area contributed by atoms with Crippen molar-refractivity contribution in [2.45, 2.75) is 6.92 Å². The molecule has 4 aromatic carbocycles. The minimum absolute atomic E-state index is 0.887. The molecule has 0 N–H and O–H groups in total. The van der Waals surface area contributed by atoms with Gasteiger partial charge < -0.3 is 0 Å². The van der Waals surface area contributed by atoms with Crippen LogP contribution in [0.15, 0.2) is 103 Å². The van der Waals surface area contributed by atoms with Gasteiger partial charge in [-0.15, -0.1) is 0 Å². The number of fused-ring (bicyclic) bond motifs is 1. The van der Waals surface area contributed by atoms with Gasteiger partial charge in [0.2, 0.25) is 0 Å². The molecule has 0 atom stereocenters. The van der Waals surface area contributed by atoms with Crippen LogP contribution in [0.3, 0.4) is 0 Å². The van der Waals surface area contributed by atoms with E-state index in [-0.39, 0.29) is 0 Å². The van der Waals surface area contributed by atoms with E-state index in [1.807, 2.05) is 24.4 Å². The SMILES string of the molecule is Cc1ccccc1-c1ncc(-c2cccc3ccccc23)nc1-c1ccccc1. The molecular weight excluding hydrogens is 352 g/mol. The van der Waals surface area contributed by atoms with Crippen LogP contribution in [0.5, 0.6) is 0 Å². The van der Waals surface area contributed by atoms with Crippen molar-refractivity contribution in [3.05, 3.63) is 109 Å². The number of aryl methyl sites for hydroxylation is 1. The third kappa shape index (κ3) is 3.19. The lowest BCUT2D eigenvalue weighted by Gasteiger charge is -2.13. The van der Waals surface area contributed by atoms with E-state index in [2.05, 4.69) is 85.8 Å². The summed E-state index contributed by atoms with van der Waals surface area (Å²) in [7, 11) is 0. The summed E-state index contributed by atoms with van der Waals surface area (Å²) in [5, 5.41) is 2.39. The normalized spacial score (nSPS) is 10.9. The van der Waals surface area contributed by atoms with Crippen molar-refractivity contribution in [2.24, 2.45) is 0 Å². The predicted octanol–water partition coefficient (Wildman–Crippen LogP) is 6.94. The fourth-order valence-electron chi connectivity index (χ4n) is 3.80. The first-order valence-corrected chi connectivity index (χ1v) is 9.78. The molecule has 0 aliphatic rings. The van der Waals surface area contributed by atoms with E-state index >= 15 is 0 Å². The molecule has 2 nitrogen and oxygen atoms in total. The topological polar surface area (TPSA) is 25.8 Å². The maximum atomic E-state index is 5.12. The molecule has 0 bridgehead atoms. The molecule has 0 spiro atoms. The van der Waals surface area contributed by atoms with E-state index in [4.69, 9.17) is 9.97 Å². The Bertz CT molecular complexity index is 1300. The summed E-state index contributed by atoms with van der Waals surface area (Å²) in [4.78, 5) is 10.0. The zero-order valence-electron chi connectivity index (χ0n) is 16.2. The summed E-state index contributed by atoms with van der Waals surface area (Å²) in [6.07, 6.45) is 1.90. The maximum Gasteiger partial charge on any atom is 0.0972 e. The fourth-order valence-corrected chi connectivity index (χ4v) is 3.80. The summed E-state index contributed by atoms with van der Waals surface area (Å²) in [5.74, 6) is 0. The summed E-state index contributed by atoms with van der Waals surface area (Å²) in [6.45, 7) is 2.12. The smallest absolute Gasteiger partial charge is 0.0972 e. The van der Waals surface area contributed by atoms with E-state index < -0.39 is 0 Å². The van der Waals surface area contributed by atoms with E-state index in [0.717, 1.165) is 33.8 Å². The molecule has 0 amide bonds. The largest absolute Gasteiger partial charge is 0.252 e. The maximum absolute atomic E-state index is 5.12.